The summed E-state index contributed by atoms with van der Waals surface area (Å²) in [6.07, 6.45) is 0. The average Bonchev–Trinajstić information content (AvgIpc) is 2.89. The normalized spacial score (nSPS) is 16.7. The molecule has 0 aromatic heterocycles. The highest BCUT2D eigenvalue weighted by molar-refractivity contribution is 6.04. The van der Waals surface area contributed by atoms with Crippen LogP contribution in [0, 0.1) is 10.1 Å². The molecule has 36 heavy (non-hydrogen) atoms. The van der Waals surface area contributed by atoms with Gasteiger partial charge in [-0.3, -0.25) is 19.7 Å². The minimum absolute atomic E-state index is 0.153. The van der Waals surface area contributed by atoms with E-state index in [2.05, 4.69) is 5.32 Å². The van der Waals surface area contributed by atoms with Gasteiger partial charge in [0, 0.05) is 24.7 Å². The molecular weight excluding hydrogens is 466 g/mol. The van der Waals surface area contributed by atoms with Crippen LogP contribution in [0.2, 0.25) is 0 Å². The summed E-state index contributed by atoms with van der Waals surface area (Å²) in [5.74, 6) is -0.304. The predicted octanol–water partition coefficient (Wildman–Crippen LogP) is 4.17. The molecule has 10 nitrogen and oxygen atoms in total. The Morgan fingerprint density at radius 2 is 1.61 bits per heavy atom. The average molecular weight is 492 g/mol. The Labute approximate surface area is 207 Å². The summed E-state index contributed by atoms with van der Waals surface area (Å²) in [5, 5.41) is 14.1. The molecule has 3 aromatic carbocycles. The highest BCUT2D eigenvalue weighted by Gasteiger charge is 2.43. The molecule has 186 valence electrons. The largest absolute Gasteiger partial charge is 0.495 e. The Morgan fingerprint density at radius 3 is 2.28 bits per heavy atom. The van der Waals surface area contributed by atoms with Crippen molar-refractivity contribution in [3.05, 3.63) is 87.5 Å². The lowest BCUT2D eigenvalue weighted by molar-refractivity contribution is -0.384. The molecule has 0 bridgehead atoms. The van der Waals surface area contributed by atoms with Crippen molar-refractivity contribution in [3.63, 3.8) is 0 Å². The maximum atomic E-state index is 13.9. The van der Waals surface area contributed by atoms with Crippen LogP contribution in [0.4, 0.5) is 11.4 Å². The number of carbonyl (C=O) groups excluding carboxylic acids is 2. The van der Waals surface area contributed by atoms with Crippen LogP contribution < -0.4 is 19.5 Å². The third-order valence-corrected chi connectivity index (χ3v) is 6.26. The molecule has 2 amide bonds. The molecule has 0 spiro atoms. The number of hydrogen-bond acceptors (Lipinski definition) is 7. The number of rotatable bonds is 7. The van der Waals surface area contributed by atoms with E-state index in [-0.39, 0.29) is 23.0 Å². The van der Waals surface area contributed by atoms with Crippen molar-refractivity contribution in [2.45, 2.75) is 12.0 Å². The fourth-order valence-electron chi connectivity index (χ4n) is 4.53. The van der Waals surface area contributed by atoms with Gasteiger partial charge in [0.05, 0.1) is 43.9 Å². The highest BCUT2D eigenvalue weighted by atomic mass is 16.6. The van der Waals surface area contributed by atoms with Gasteiger partial charge in [0.2, 0.25) is 5.91 Å². The van der Waals surface area contributed by atoms with E-state index in [4.69, 9.17) is 14.2 Å². The molecule has 0 unspecified atom stereocenters. The van der Waals surface area contributed by atoms with Crippen molar-refractivity contribution >= 4 is 23.2 Å². The van der Waals surface area contributed by atoms with E-state index in [0.29, 0.717) is 28.2 Å². The number of non-ortho nitro benzene ring substituents is 1. The standard InChI is InChI=1S/C26H25N3O7/c1-28-24(15-9-11-21(35-3)22(13-15)36-4)23(17-7-5-6-8-18(17)26(28)31)25(30)27-19-14-16(29(32)33)10-12-20(19)34-2/h5-14,23-24H,1-4H3,(H,27,30)/t23-,24+/m1/s1. The summed E-state index contributed by atoms with van der Waals surface area (Å²) in [6, 6.07) is 15.4. The van der Waals surface area contributed by atoms with Crippen LogP contribution in [0.1, 0.15) is 33.4 Å². The summed E-state index contributed by atoms with van der Waals surface area (Å²) in [7, 11) is 6.07. The molecule has 0 saturated carbocycles. The van der Waals surface area contributed by atoms with Gasteiger partial charge in [-0.15, -0.1) is 0 Å². The van der Waals surface area contributed by atoms with Crippen molar-refractivity contribution in [2.75, 3.05) is 33.7 Å². The van der Waals surface area contributed by atoms with Gasteiger partial charge in [-0.2, -0.15) is 0 Å². The minimum Gasteiger partial charge on any atom is -0.495 e. The number of nitro groups is 1. The number of nitro benzene ring substituents is 1. The molecular formula is C26H25N3O7. The maximum Gasteiger partial charge on any atom is 0.271 e. The third-order valence-electron chi connectivity index (χ3n) is 6.26. The Balaban J connectivity index is 1.84. The van der Waals surface area contributed by atoms with Crippen molar-refractivity contribution in [1.82, 2.24) is 4.90 Å². The second kappa shape index (κ2) is 9.95. The lowest BCUT2D eigenvalue weighted by atomic mass is 9.79. The lowest BCUT2D eigenvalue weighted by Crippen LogP contribution is -2.44. The van der Waals surface area contributed by atoms with Crippen LogP contribution in [0.5, 0.6) is 17.2 Å². The Hall–Kier alpha value is -4.60. The quantitative estimate of drug-likeness (QED) is 0.389. The van der Waals surface area contributed by atoms with Crippen molar-refractivity contribution < 1.29 is 28.7 Å². The van der Waals surface area contributed by atoms with E-state index in [1.165, 1.54) is 44.4 Å². The highest BCUT2D eigenvalue weighted by Crippen LogP contribution is 2.44. The predicted molar refractivity (Wildman–Crippen MR) is 132 cm³/mol. The fourth-order valence-corrected chi connectivity index (χ4v) is 4.53. The molecule has 1 N–H and O–H groups in total. The Kier molecular flexibility index (Phi) is 6.77. The molecule has 4 rings (SSSR count). The summed E-state index contributed by atoms with van der Waals surface area (Å²) in [6.45, 7) is 0. The molecule has 0 saturated heterocycles. The molecule has 1 aliphatic heterocycles. The molecule has 1 aliphatic rings. The summed E-state index contributed by atoms with van der Waals surface area (Å²) < 4.78 is 16.1. The number of fused-ring (bicyclic) bond motifs is 1. The van der Waals surface area contributed by atoms with Gasteiger partial charge < -0.3 is 24.4 Å². The first kappa shape index (κ1) is 24.5. The first-order chi connectivity index (χ1) is 17.3. The molecule has 2 atom stereocenters. The van der Waals surface area contributed by atoms with E-state index in [9.17, 15) is 19.7 Å². The molecule has 0 aliphatic carbocycles. The zero-order valence-electron chi connectivity index (χ0n) is 20.2. The van der Waals surface area contributed by atoms with Crippen LogP contribution in [0.3, 0.4) is 0 Å². The summed E-state index contributed by atoms with van der Waals surface area (Å²) in [4.78, 5) is 39.4. The van der Waals surface area contributed by atoms with Crippen molar-refractivity contribution in [3.8, 4) is 17.2 Å². The first-order valence-electron chi connectivity index (χ1n) is 11.0. The Bertz CT molecular complexity index is 1340. The number of carbonyl (C=O) groups is 2. The number of hydrogen-bond donors (Lipinski definition) is 1. The number of likely N-dealkylation sites (N-methyl/N-ethyl adjacent to an activating group) is 1. The molecule has 0 radical (unpaired) electrons. The minimum atomic E-state index is -0.842. The molecule has 10 heteroatoms. The Morgan fingerprint density at radius 1 is 0.944 bits per heavy atom. The van der Waals surface area contributed by atoms with Crippen LogP contribution >= 0.6 is 0 Å². The molecule has 0 fully saturated rings. The maximum absolute atomic E-state index is 13.9. The monoisotopic (exact) mass is 491 g/mol. The van der Waals surface area contributed by atoms with Gasteiger partial charge in [-0.25, -0.2) is 0 Å². The van der Waals surface area contributed by atoms with Crippen LogP contribution in [0.15, 0.2) is 60.7 Å². The SMILES string of the molecule is COc1ccc([N+](=O)[O-])cc1NC(=O)[C@@H]1c2ccccc2C(=O)N(C)[C@H]1c1ccc(OC)c(OC)c1. The van der Waals surface area contributed by atoms with E-state index in [0.717, 1.165) is 0 Å². The number of methoxy groups -OCH3 is 3. The van der Waals surface area contributed by atoms with Gasteiger partial charge in [0.25, 0.3) is 11.6 Å². The number of benzene rings is 3. The van der Waals surface area contributed by atoms with Gasteiger partial charge in [-0.1, -0.05) is 24.3 Å². The van der Waals surface area contributed by atoms with E-state index < -0.39 is 22.8 Å². The third kappa shape index (κ3) is 4.28. The number of nitrogens with zero attached hydrogens (tertiary/aromatic N) is 2. The first-order valence-corrected chi connectivity index (χ1v) is 11.0. The fraction of sp³-hybridized carbons (Fsp3) is 0.231. The van der Waals surface area contributed by atoms with Gasteiger partial charge in [0.1, 0.15) is 5.75 Å². The van der Waals surface area contributed by atoms with Crippen LogP contribution in [-0.2, 0) is 4.79 Å². The van der Waals surface area contributed by atoms with E-state index in [1.54, 1.807) is 49.5 Å². The van der Waals surface area contributed by atoms with Crippen LogP contribution in [-0.4, -0.2) is 50.0 Å². The van der Waals surface area contributed by atoms with Gasteiger partial charge in [0.15, 0.2) is 11.5 Å². The zero-order valence-corrected chi connectivity index (χ0v) is 20.2. The number of ether oxygens (including phenoxy) is 3. The number of amides is 2. The van der Waals surface area contributed by atoms with E-state index >= 15 is 0 Å². The van der Waals surface area contributed by atoms with Crippen molar-refractivity contribution in [1.29, 1.82) is 0 Å². The summed E-state index contributed by atoms with van der Waals surface area (Å²) in [5.41, 5.74) is 1.56. The smallest absolute Gasteiger partial charge is 0.271 e. The number of anilines is 1. The summed E-state index contributed by atoms with van der Waals surface area (Å²) >= 11 is 0. The lowest BCUT2D eigenvalue weighted by Gasteiger charge is -2.40. The van der Waals surface area contributed by atoms with E-state index in [1.807, 2.05) is 0 Å². The zero-order chi connectivity index (χ0) is 26.0. The van der Waals surface area contributed by atoms with Crippen molar-refractivity contribution in [2.24, 2.45) is 0 Å². The second-order valence-corrected chi connectivity index (χ2v) is 8.17. The van der Waals surface area contributed by atoms with Gasteiger partial charge >= 0.3 is 0 Å². The molecule has 3 aromatic rings. The van der Waals surface area contributed by atoms with Gasteiger partial charge in [-0.05, 0) is 35.4 Å². The molecule has 1 heterocycles. The van der Waals surface area contributed by atoms with Crippen LogP contribution in [0.25, 0.3) is 0 Å². The second-order valence-electron chi connectivity index (χ2n) is 8.17. The topological polar surface area (TPSA) is 120 Å². The number of nitrogens with one attached hydrogen (secondary N) is 1.